The lowest BCUT2D eigenvalue weighted by Crippen LogP contribution is -2.48. The van der Waals surface area contributed by atoms with Crippen molar-refractivity contribution in [2.45, 2.75) is 44.3 Å². The number of hydrogen-bond donors (Lipinski definition) is 2. The third-order valence-electron chi connectivity index (χ3n) is 5.63. The Labute approximate surface area is 200 Å². The van der Waals surface area contributed by atoms with Crippen LogP contribution in [0.15, 0.2) is 59.6 Å². The van der Waals surface area contributed by atoms with E-state index in [1.807, 2.05) is 29.0 Å². The molecule has 1 atom stereocenters. The largest absolute Gasteiger partial charge is 0.351 e. The van der Waals surface area contributed by atoms with Crippen molar-refractivity contribution in [1.29, 1.82) is 0 Å². The number of carbonyl (C=O) groups excluding carboxylic acids is 3. The minimum atomic E-state index is -0.840. The van der Waals surface area contributed by atoms with E-state index in [-0.39, 0.29) is 36.9 Å². The fourth-order valence-corrected chi connectivity index (χ4v) is 5.35. The summed E-state index contributed by atoms with van der Waals surface area (Å²) in [6.07, 6.45) is 7.34. The smallest absolute Gasteiger partial charge is 0.261 e. The quantitative estimate of drug-likeness (QED) is 0.486. The maximum atomic E-state index is 13.5. The molecule has 3 amide bonds. The molecule has 0 aliphatic heterocycles. The van der Waals surface area contributed by atoms with Crippen molar-refractivity contribution in [2.75, 3.05) is 6.54 Å². The van der Waals surface area contributed by atoms with Crippen molar-refractivity contribution >= 4 is 40.4 Å². The lowest BCUT2D eigenvalue weighted by Gasteiger charge is -2.32. The molecule has 4 rings (SSSR count). The Morgan fingerprint density at radius 1 is 1.06 bits per heavy atom. The van der Waals surface area contributed by atoms with Gasteiger partial charge < -0.3 is 15.5 Å². The first kappa shape index (κ1) is 23.1. The topological polar surface area (TPSA) is 91.4 Å². The predicted octanol–water partition coefficient (Wildman–Crippen LogP) is 3.76. The summed E-state index contributed by atoms with van der Waals surface area (Å²) in [5.74, 6) is -0.851. The molecular formula is C24H26N4O3S2. The van der Waals surface area contributed by atoms with E-state index in [1.54, 1.807) is 35.5 Å². The molecule has 0 bridgehead atoms. The summed E-state index contributed by atoms with van der Waals surface area (Å²) in [5, 5.41) is 9.59. The Morgan fingerprint density at radius 2 is 1.85 bits per heavy atom. The molecule has 0 unspecified atom stereocenters. The van der Waals surface area contributed by atoms with Gasteiger partial charge in [-0.3, -0.25) is 19.4 Å². The first-order valence-electron chi connectivity index (χ1n) is 11.0. The van der Waals surface area contributed by atoms with Crippen molar-refractivity contribution in [3.63, 3.8) is 0 Å². The second kappa shape index (κ2) is 11.2. The monoisotopic (exact) mass is 482 g/mol. The van der Waals surface area contributed by atoms with Gasteiger partial charge in [-0.2, -0.15) is 0 Å². The molecule has 2 N–H and O–H groups in total. The maximum absolute atomic E-state index is 13.5. The Kier molecular flexibility index (Phi) is 7.85. The molecule has 172 valence electrons. The third-order valence-corrected chi connectivity index (χ3v) is 7.36. The Morgan fingerprint density at radius 3 is 2.52 bits per heavy atom. The van der Waals surface area contributed by atoms with Crippen LogP contribution in [0.25, 0.3) is 0 Å². The van der Waals surface area contributed by atoms with Crippen LogP contribution in [0.4, 0.5) is 0 Å². The zero-order chi connectivity index (χ0) is 23.0. The number of amides is 3. The van der Waals surface area contributed by atoms with Crippen LogP contribution in [0.5, 0.6) is 0 Å². The minimum absolute atomic E-state index is 0.119. The van der Waals surface area contributed by atoms with Gasteiger partial charge in [-0.05, 0) is 41.8 Å². The number of nitrogens with one attached hydrogen (secondary N) is 2. The molecule has 0 spiro atoms. The highest BCUT2D eigenvalue weighted by Crippen LogP contribution is 2.26. The summed E-state index contributed by atoms with van der Waals surface area (Å²) in [4.78, 5) is 46.5. The summed E-state index contributed by atoms with van der Waals surface area (Å²) in [5.41, 5.74) is 0.641. The lowest BCUT2D eigenvalue weighted by molar-refractivity contribution is -0.141. The number of pyridine rings is 1. The van der Waals surface area contributed by atoms with Gasteiger partial charge in [0.15, 0.2) is 0 Å². The van der Waals surface area contributed by atoms with E-state index < -0.39 is 6.04 Å². The molecule has 0 aromatic carbocycles. The van der Waals surface area contributed by atoms with E-state index in [9.17, 15) is 14.4 Å². The summed E-state index contributed by atoms with van der Waals surface area (Å²) in [7, 11) is 0. The van der Waals surface area contributed by atoms with Crippen LogP contribution in [-0.4, -0.2) is 40.2 Å². The summed E-state index contributed by atoms with van der Waals surface area (Å²) >= 11 is 2.83. The predicted molar refractivity (Wildman–Crippen MR) is 129 cm³/mol. The highest BCUT2D eigenvalue weighted by atomic mass is 32.1. The van der Waals surface area contributed by atoms with E-state index in [1.165, 1.54) is 22.7 Å². The molecule has 33 heavy (non-hydrogen) atoms. The molecular weight excluding hydrogens is 456 g/mol. The average molecular weight is 483 g/mol. The van der Waals surface area contributed by atoms with Crippen LogP contribution in [0.2, 0.25) is 0 Å². The van der Waals surface area contributed by atoms with Gasteiger partial charge in [-0.25, -0.2) is 0 Å². The van der Waals surface area contributed by atoms with Crippen molar-refractivity contribution in [2.24, 2.45) is 0 Å². The molecule has 1 aliphatic carbocycles. The van der Waals surface area contributed by atoms with E-state index in [0.29, 0.717) is 10.4 Å². The molecule has 1 fully saturated rings. The van der Waals surface area contributed by atoms with Crippen molar-refractivity contribution in [1.82, 2.24) is 20.5 Å². The number of nitrogens with zero attached hydrogens (tertiary/aromatic N) is 2. The van der Waals surface area contributed by atoms with Gasteiger partial charge in [-0.15, -0.1) is 22.7 Å². The van der Waals surface area contributed by atoms with Crippen LogP contribution < -0.4 is 10.6 Å². The van der Waals surface area contributed by atoms with Crippen LogP contribution in [0.1, 0.15) is 51.8 Å². The van der Waals surface area contributed by atoms with Gasteiger partial charge in [0.25, 0.3) is 5.91 Å². The highest BCUT2D eigenvalue weighted by molar-refractivity contribution is 7.12. The van der Waals surface area contributed by atoms with Crippen LogP contribution >= 0.6 is 22.7 Å². The maximum Gasteiger partial charge on any atom is 0.261 e. The summed E-state index contributed by atoms with van der Waals surface area (Å²) < 4.78 is 0. The van der Waals surface area contributed by atoms with Gasteiger partial charge in [0.05, 0.1) is 18.0 Å². The van der Waals surface area contributed by atoms with Gasteiger partial charge in [0.1, 0.15) is 6.04 Å². The van der Waals surface area contributed by atoms with Gasteiger partial charge in [0.2, 0.25) is 11.8 Å². The van der Waals surface area contributed by atoms with E-state index in [0.717, 1.165) is 30.6 Å². The normalized spacial score (nSPS) is 14.5. The third kappa shape index (κ3) is 6.06. The van der Waals surface area contributed by atoms with Crippen molar-refractivity contribution in [3.05, 3.63) is 74.9 Å². The highest BCUT2D eigenvalue weighted by Gasteiger charge is 2.33. The molecule has 1 saturated carbocycles. The van der Waals surface area contributed by atoms with Gasteiger partial charge in [-0.1, -0.05) is 31.0 Å². The molecule has 1 aliphatic rings. The first-order chi connectivity index (χ1) is 16.1. The van der Waals surface area contributed by atoms with Crippen LogP contribution in [0.3, 0.4) is 0 Å². The second-order valence-electron chi connectivity index (χ2n) is 7.94. The number of rotatable bonds is 9. The average Bonchev–Trinajstić information content (AvgIpc) is 3.61. The molecule has 7 nitrogen and oxygen atoms in total. The number of hydrogen-bond acceptors (Lipinski definition) is 6. The summed E-state index contributed by atoms with van der Waals surface area (Å²) in [6.45, 7) is 0.0681. The molecule has 3 aromatic rings. The first-order valence-corrected chi connectivity index (χ1v) is 12.7. The molecule has 3 aromatic heterocycles. The van der Waals surface area contributed by atoms with Crippen molar-refractivity contribution < 1.29 is 14.4 Å². The number of aromatic nitrogens is 1. The molecule has 0 radical (unpaired) electrons. The van der Waals surface area contributed by atoms with Crippen LogP contribution in [0, 0.1) is 0 Å². The Bertz CT molecular complexity index is 1050. The molecule has 0 saturated heterocycles. The zero-order valence-corrected chi connectivity index (χ0v) is 19.7. The SMILES string of the molecule is O=C(NCC(=O)N(Cc1cccs1)[C@H](C(=O)NC1CCCC1)c1cccnc1)c1cccs1. The van der Waals surface area contributed by atoms with Crippen LogP contribution in [-0.2, 0) is 16.1 Å². The van der Waals surface area contributed by atoms with E-state index >= 15 is 0 Å². The lowest BCUT2D eigenvalue weighted by atomic mass is 10.0. The standard InChI is InChI=1S/C24H26N4O3S2/c29-21(15-26-23(30)20-10-5-13-33-20)28(16-19-9-4-12-32-19)22(17-6-3-11-25-14-17)24(31)27-18-7-1-2-8-18/h3-6,9-14,18,22H,1-2,7-8,15-16H2,(H,26,30)(H,27,31)/t22-/m0/s1. The molecule has 3 heterocycles. The van der Waals surface area contributed by atoms with E-state index in [2.05, 4.69) is 15.6 Å². The fourth-order valence-electron chi connectivity index (χ4n) is 4.01. The number of carbonyl (C=O) groups is 3. The Hall–Kier alpha value is -3.04. The second-order valence-corrected chi connectivity index (χ2v) is 9.92. The van der Waals surface area contributed by atoms with Gasteiger partial charge >= 0.3 is 0 Å². The zero-order valence-electron chi connectivity index (χ0n) is 18.1. The fraction of sp³-hybridized carbons (Fsp3) is 0.333. The number of thiophene rings is 2. The Balaban J connectivity index is 1.58. The van der Waals surface area contributed by atoms with Gasteiger partial charge in [0, 0.05) is 28.9 Å². The molecule has 9 heteroatoms. The van der Waals surface area contributed by atoms with Crippen molar-refractivity contribution in [3.8, 4) is 0 Å². The summed E-state index contributed by atoms with van der Waals surface area (Å²) in [6, 6.07) is 10.2. The van der Waals surface area contributed by atoms with E-state index in [4.69, 9.17) is 0 Å². The minimum Gasteiger partial charge on any atom is -0.351 e.